The van der Waals surface area contributed by atoms with E-state index in [1.807, 2.05) is 13.0 Å². The molecular weight excluding hydrogens is 501 g/mol. The van der Waals surface area contributed by atoms with E-state index in [0.717, 1.165) is 11.3 Å². The van der Waals surface area contributed by atoms with Gasteiger partial charge in [-0.1, -0.05) is 6.92 Å². The summed E-state index contributed by atoms with van der Waals surface area (Å²) in [7, 11) is 1.63. The van der Waals surface area contributed by atoms with Gasteiger partial charge in [0, 0.05) is 75.6 Å². The van der Waals surface area contributed by atoms with Crippen molar-refractivity contribution >= 4 is 0 Å². The Kier molecular flexibility index (Phi) is 6.26. The second-order valence-electron chi connectivity index (χ2n) is 5.63. The fourth-order valence-corrected chi connectivity index (χ4v) is 3.32. The molecule has 1 radical (unpaired) electrons. The van der Waals surface area contributed by atoms with Crippen LogP contribution in [0, 0.1) is 44.1 Å². The zero-order chi connectivity index (χ0) is 15.0. The summed E-state index contributed by atoms with van der Waals surface area (Å²) in [6, 6.07) is 1.94. The fraction of sp³-hybridized carbons (Fsp3) is 0.667. The Hall–Kier alpha value is 0.232. The molecule has 0 bridgehead atoms. The number of nitrogens with zero attached hydrogens (tertiary/aromatic N) is 1. The van der Waals surface area contributed by atoms with E-state index >= 15 is 0 Å². The molecule has 2 aliphatic rings. The second-order valence-corrected chi connectivity index (χ2v) is 5.63. The number of rotatable bonds is 4. The number of fused-ring (bicyclic) bond motifs is 2. The molecule has 22 heavy (non-hydrogen) atoms. The van der Waals surface area contributed by atoms with Crippen molar-refractivity contribution < 1.29 is 63.4 Å². The largest absolute Gasteiger partial charge is 0.391 e. The van der Waals surface area contributed by atoms with Gasteiger partial charge in [0.25, 0.3) is 5.56 Å². The zero-order valence-electron chi connectivity index (χ0n) is 13.0. The number of methoxy groups -OCH3 is 1. The van der Waals surface area contributed by atoms with E-state index in [1.54, 1.807) is 11.7 Å². The minimum absolute atomic E-state index is 0. The number of hydrogen-bond donors (Lipinski definition) is 1. The Morgan fingerprint density at radius 1 is 1.45 bits per heavy atom. The number of ether oxygens (including phenoxy) is 3. The van der Waals surface area contributed by atoms with Crippen molar-refractivity contribution in [2.75, 3.05) is 26.9 Å². The van der Waals surface area contributed by atoms with Gasteiger partial charge in [0.2, 0.25) is 5.79 Å². The first-order valence-electron chi connectivity index (χ1n) is 7.28. The van der Waals surface area contributed by atoms with Gasteiger partial charge >= 0.3 is 0 Å². The van der Waals surface area contributed by atoms with Gasteiger partial charge < -0.3 is 23.9 Å². The van der Waals surface area contributed by atoms with Crippen LogP contribution in [0.2, 0.25) is 0 Å². The van der Waals surface area contributed by atoms with Crippen molar-refractivity contribution in [2.45, 2.75) is 38.2 Å². The summed E-state index contributed by atoms with van der Waals surface area (Å²) >= 11 is 0. The molecule has 0 amide bonds. The quantitative estimate of drug-likeness (QED) is 0.631. The standard InChI is InChI=1S/C15H21NO5.Ac/c1-10(9-19-2)11-7-13-15(20-5-6-21-15)3-4-16(13)14(18)12(11)8-17;/h7,10,17H,3-6,8-9H2,1-2H3;. The Labute approximate surface area is 165 Å². The number of pyridine rings is 1. The summed E-state index contributed by atoms with van der Waals surface area (Å²) in [6.45, 7) is 3.84. The third-order valence-corrected chi connectivity index (χ3v) is 4.35. The molecule has 1 spiro atoms. The van der Waals surface area contributed by atoms with Crippen LogP contribution in [0.5, 0.6) is 0 Å². The van der Waals surface area contributed by atoms with Gasteiger partial charge in [0.1, 0.15) is 0 Å². The van der Waals surface area contributed by atoms with E-state index in [1.165, 1.54) is 0 Å². The maximum absolute atomic E-state index is 12.6. The molecule has 0 aromatic carbocycles. The Bertz CT molecular complexity index is 594. The molecule has 1 atom stereocenters. The summed E-state index contributed by atoms with van der Waals surface area (Å²) in [5.74, 6) is -0.760. The molecule has 3 heterocycles. The molecule has 1 unspecified atom stereocenters. The Balaban J connectivity index is 0.00000176. The number of aromatic nitrogens is 1. The molecule has 1 aromatic heterocycles. The molecular formula is C15H21AcNO5. The third kappa shape index (κ3) is 2.97. The topological polar surface area (TPSA) is 69.9 Å². The summed E-state index contributed by atoms with van der Waals surface area (Å²) in [5, 5.41) is 9.59. The van der Waals surface area contributed by atoms with Crippen LogP contribution in [0.25, 0.3) is 0 Å². The molecule has 1 fully saturated rings. The van der Waals surface area contributed by atoms with Gasteiger partial charge in [-0.15, -0.1) is 0 Å². The Morgan fingerprint density at radius 2 is 2.14 bits per heavy atom. The molecule has 6 nitrogen and oxygen atoms in total. The third-order valence-electron chi connectivity index (χ3n) is 4.35. The fourth-order valence-electron chi connectivity index (χ4n) is 3.32. The minimum atomic E-state index is -0.783. The summed E-state index contributed by atoms with van der Waals surface area (Å²) < 4.78 is 18.4. The van der Waals surface area contributed by atoms with Gasteiger partial charge in [-0.05, 0) is 11.6 Å². The summed E-state index contributed by atoms with van der Waals surface area (Å²) in [6.07, 6.45) is 0.634. The average molecular weight is 522 g/mol. The summed E-state index contributed by atoms with van der Waals surface area (Å²) in [4.78, 5) is 12.6. The predicted molar refractivity (Wildman–Crippen MR) is 75.1 cm³/mol. The van der Waals surface area contributed by atoms with Gasteiger partial charge in [0.05, 0.1) is 32.1 Å². The van der Waals surface area contributed by atoms with Crippen LogP contribution < -0.4 is 5.56 Å². The van der Waals surface area contributed by atoms with Crippen molar-refractivity contribution in [2.24, 2.45) is 0 Å². The van der Waals surface area contributed by atoms with Gasteiger partial charge in [-0.2, -0.15) is 0 Å². The van der Waals surface area contributed by atoms with Crippen LogP contribution in [0.4, 0.5) is 0 Å². The number of hydrogen-bond acceptors (Lipinski definition) is 5. The van der Waals surface area contributed by atoms with E-state index in [0.29, 0.717) is 38.3 Å². The van der Waals surface area contributed by atoms with E-state index in [9.17, 15) is 9.90 Å². The van der Waals surface area contributed by atoms with Crippen LogP contribution in [0.3, 0.4) is 0 Å². The van der Waals surface area contributed by atoms with Crippen molar-refractivity contribution in [1.82, 2.24) is 4.57 Å². The molecule has 1 N–H and O–H groups in total. The van der Waals surface area contributed by atoms with Crippen molar-refractivity contribution in [1.29, 1.82) is 0 Å². The first kappa shape index (κ1) is 18.6. The molecule has 119 valence electrons. The van der Waals surface area contributed by atoms with Crippen molar-refractivity contribution in [3.05, 3.63) is 33.2 Å². The van der Waals surface area contributed by atoms with Crippen LogP contribution in [0.1, 0.15) is 36.1 Å². The van der Waals surface area contributed by atoms with Crippen molar-refractivity contribution in [3.8, 4) is 0 Å². The molecule has 1 aromatic rings. The monoisotopic (exact) mass is 522 g/mol. The van der Waals surface area contributed by atoms with Crippen LogP contribution in [-0.2, 0) is 33.1 Å². The van der Waals surface area contributed by atoms with E-state index in [-0.39, 0.29) is 62.1 Å². The van der Waals surface area contributed by atoms with Crippen LogP contribution in [-0.4, -0.2) is 36.6 Å². The summed E-state index contributed by atoms with van der Waals surface area (Å²) in [5.41, 5.74) is 1.87. The normalized spacial score (nSPS) is 20.0. The first-order valence-corrected chi connectivity index (χ1v) is 7.28. The minimum Gasteiger partial charge on any atom is -0.391 e. The average Bonchev–Trinajstić information content (AvgIpc) is 3.08. The van der Waals surface area contributed by atoms with Crippen LogP contribution in [0.15, 0.2) is 10.9 Å². The zero-order valence-corrected chi connectivity index (χ0v) is 17.7. The van der Waals surface area contributed by atoms with Crippen molar-refractivity contribution in [3.63, 3.8) is 0 Å². The Morgan fingerprint density at radius 3 is 2.73 bits per heavy atom. The van der Waals surface area contributed by atoms with Gasteiger partial charge in [-0.25, -0.2) is 0 Å². The molecule has 0 aliphatic carbocycles. The smallest absolute Gasteiger partial charge is 0.256 e. The molecule has 2 aliphatic heterocycles. The van der Waals surface area contributed by atoms with Crippen LogP contribution >= 0.6 is 0 Å². The molecule has 3 rings (SSSR count). The van der Waals surface area contributed by atoms with E-state index < -0.39 is 5.79 Å². The number of aliphatic hydroxyl groups is 1. The molecule has 1 saturated heterocycles. The number of aliphatic hydroxyl groups excluding tert-OH is 1. The molecule has 0 saturated carbocycles. The van der Waals surface area contributed by atoms with E-state index in [4.69, 9.17) is 14.2 Å². The second kappa shape index (κ2) is 7.42. The van der Waals surface area contributed by atoms with Gasteiger partial charge in [0.15, 0.2) is 0 Å². The van der Waals surface area contributed by atoms with E-state index in [2.05, 4.69) is 0 Å². The van der Waals surface area contributed by atoms with Gasteiger partial charge in [-0.3, -0.25) is 4.79 Å². The predicted octanol–water partition coefficient (Wildman–Crippen LogP) is 0.694. The molecule has 7 heteroatoms. The maximum atomic E-state index is 12.6. The SMILES string of the molecule is COCC(C)c1cc2n(c(=O)c1CO)CCC21OCCO1.[Ac]. The maximum Gasteiger partial charge on any atom is 0.256 e. The first-order chi connectivity index (χ1) is 10.1.